The molecule has 0 fully saturated rings. The highest BCUT2D eigenvalue weighted by atomic mass is 127. The van der Waals surface area contributed by atoms with Gasteiger partial charge in [-0.15, -0.1) is 11.3 Å². The number of nitrogens with one attached hydrogen (secondary N) is 1. The highest BCUT2D eigenvalue weighted by Crippen LogP contribution is 2.30. The maximum absolute atomic E-state index is 6.18. The molecule has 1 atom stereocenters. The summed E-state index contributed by atoms with van der Waals surface area (Å²) in [6.45, 7) is 2.09. The number of thiophene rings is 1. The van der Waals surface area contributed by atoms with Crippen molar-refractivity contribution >= 4 is 62.8 Å². The lowest BCUT2D eigenvalue weighted by molar-refractivity contribution is 0.890. The standard InChI is InChI=1S/C12H10Cl2INS/c1-7(8-4-12(14)17-6-8)16-11-3-2-9(15)5-10(11)13/h2-7,16H,1H3. The fourth-order valence-corrected chi connectivity index (χ4v) is 3.37. The van der Waals surface area contributed by atoms with Gasteiger partial charge in [-0.05, 0) is 64.7 Å². The molecule has 1 aromatic carbocycles. The van der Waals surface area contributed by atoms with E-state index in [9.17, 15) is 0 Å². The Kier molecular flexibility index (Phi) is 4.58. The first kappa shape index (κ1) is 13.5. The lowest BCUT2D eigenvalue weighted by Crippen LogP contribution is -2.05. The zero-order chi connectivity index (χ0) is 12.4. The molecule has 0 bridgehead atoms. The highest BCUT2D eigenvalue weighted by Gasteiger charge is 2.09. The second kappa shape index (κ2) is 5.78. The SMILES string of the molecule is CC(Nc1ccc(I)cc1Cl)c1csc(Cl)c1. The third kappa shape index (κ3) is 3.50. The van der Waals surface area contributed by atoms with Gasteiger partial charge in [0, 0.05) is 9.61 Å². The van der Waals surface area contributed by atoms with Crippen molar-refractivity contribution in [3.05, 3.63) is 48.1 Å². The third-order valence-electron chi connectivity index (χ3n) is 2.39. The van der Waals surface area contributed by atoms with Crippen molar-refractivity contribution in [2.45, 2.75) is 13.0 Å². The molecule has 5 heteroatoms. The van der Waals surface area contributed by atoms with E-state index in [1.54, 1.807) is 11.3 Å². The number of hydrogen-bond donors (Lipinski definition) is 1. The van der Waals surface area contributed by atoms with Crippen molar-refractivity contribution in [3.63, 3.8) is 0 Å². The molecule has 17 heavy (non-hydrogen) atoms. The monoisotopic (exact) mass is 397 g/mol. The normalized spacial score (nSPS) is 12.5. The molecular weight excluding hydrogens is 388 g/mol. The molecule has 0 aliphatic rings. The lowest BCUT2D eigenvalue weighted by atomic mass is 10.1. The summed E-state index contributed by atoms with van der Waals surface area (Å²) in [4.78, 5) is 0. The Bertz CT molecular complexity index is 527. The maximum atomic E-state index is 6.18. The summed E-state index contributed by atoms with van der Waals surface area (Å²) < 4.78 is 1.94. The number of halogens is 3. The largest absolute Gasteiger partial charge is 0.377 e. The van der Waals surface area contributed by atoms with Crippen LogP contribution in [0.15, 0.2) is 29.6 Å². The highest BCUT2D eigenvalue weighted by molar-refractivity contribution is 14.1. The number of anilines is 1. The first-order valence-electron chi connectivity index (χ1n) is 5.02. The van der Waals surface area contributed by atoms with E-state index in [0.717, 1.165) is 18.6 Å². The Labute approximate surface area is 128 Å². The quantitative estimate of drug-likeness (QED) is 0.642. The molecule has 1 unspecified atom stereocenters. The van der Waals surface area contributed by atoms with Crippen LogP contribution >= 0.6 is 57.1 Å². The molecule has 1 heterocycles. The van der Waals surface area contributed by atoms with E-state index >= 15 is 0 Å². The zero-order valence-electron chi connectivity index (χ0n) is 9.01. The average molecular weight is 398 g/mol. The first-order valence-corrected chi connectivity index (χ1v) is 7.73. The van der Waals surface area contributed by atoms with Gasteiger partial charge >= 0.3 is 0 Å². The van der Waals surface area contributed by atoms with E-state index < -0.39 is 0 Å². The molecule has 1 N–H and O–H groups in total. The van der Waals surface area contributed by atoms with Gasteiger partial charge in [-0.25, -0.2) is 0 Å². The van der Waals surface area contributed by atoms with Crippen LogP contribution in [0.3, 0.4) is 0 Å². The van der Waals surface area contributed by atoms with E-state index in [1.807, 2.05) is 24.3 Å². The van der Waals surface area contributed by atoms with Crippen LogP contribution < -0.4 is 5.32 Å². The van der Waals surface area contributed by atoms with E-state index in [0.29, 0.717) is 0 Å². The van der Waals surface area contributed by atoms with Gasteiger partial charge < -0.3 is 5.32 Å². The zero-order valence-corrected chi connectivity index (χ0v) is 13.5. The molecule has 1 aromatic heterocycles. The summed E-state index contributed by atoms with van der Waals surface area (Å²) in [5, 5.41) is 6.18. The smallest absolute Gasteiger partial charge is 0.0931 e. The minimum absolute atomic E-state index is 0.191. The predicted molar refractivity (Wildman–Crippen MR) is 85.5 cm³/mol. The van der Waals surface area contributed by atoms with Crippen molar-refractivity contribution in [3.8, 4) is 0 Å². The van der Waals surface area contributed by atoms with Crippen molar-refractivity contribution in [1.82, 2.24) is 0 Å². The van der Waals surface area contributed by atoms with Crippen LogP contribution in [0.25, 0.3) is 0 Å². The summed E-state index contributed by atoms with van der Waals surface area (Å²) in [5.74, 6) is 0. The second-order valence-electron chi connectivity index (χ2n) is 3.67. The summed E-state index contributed by atoms with van der Waals surface area (Å²) in [6, 6.07) is 8.13. The fraction of sp³-hybridized carbons (Fsp3) is 0.167. The first-order chi connectivity index (χ1) is 8.06. The second-order valence-corrected chi connectivity index (χ2v) is 6.87. The predicted octanol–water partition coefficient (Wildman–Crippen LogP) is 5.83. The van der Waals surface area contributed by atoms with Crippen LogP contribution in [-0.4, -0.2) is 0 Å². The minimum atomic E-state index is 0.191. The molecule has 0 aliphatic carbocycles. The molecule has 2 rings (SSSR count). The van der Waals surface area contributed by atoms with Gasteiger partial charge in [-0.3, -0.25) is 0 Å². The van der Waals surface area contributed by atoms with Gasteiger partial charge in [0.15, 0.2) is 0 Å². The van der Waals surface area contributed by atoms with E-state index in [1.165, 1.54) is 5.56 Å². The van der Waals surface area contributed by atoms with Gasteiger partial charge in [0.1, 0.15) is 0 Å². The van der Waals surface area contributed by atoms with Crippen LogP contribution in [-0.2, 0) is 0 Å². The number of hydrogen-bond acceptors (Lipinski definition) is 2. The Hall–Kier alpha value is 0.0300. The van der Waals surface area contributed by atoms with Crippen LogP contribution in [0.1, 0.15) is 18.5 Å². The molecule has 90 valence electrons. The summed E-state index contributed by atoms with van der Waals surface area (Å²) >= 11 is 15.9. The molecule has 0 saturated carbocycles. The lowest BCUT2D eigenvalue weighted by Gasteiger charge is -2.15. The van der Waals surface area contributed by atoms with Crippen molar-refractivity contribution < 1.29 is 0 Å². The molecule has 0 amide bonds. The Balaban J connectivity index is 2.15. The minimum Gasteiger partial charge on any atom is -0.377 e. The van der Waals surface area contributed by atoms with Gasteiger partial charge in [0.25, 0.3) is 0 Å². The van der Waals surface area contributed by atoms with Crippen LogP contribution in [0.4, 0.5) is 5.69 Å². The third-order valence-corrected chi connectivity index (χ3v) is 4.48. The summed E-state index contributed by atoms with van der Waals surface area (Å²) in [5.41, 5.74) is 2.12. The molecular formula is C12H10Cl2INS. The Morgan fingerprint density at radius 1 is 1.29 bits per heavy atom. The fourth-order valence-electron chi connectivity index (χ4n) is 1.47. The summed E-state index contributed by atoms with van der Waals surface area (Å²) in [7, 11) is 0. The Morgan fingerprint density at radius 2 is 2.06 bits per heavy atom. The van der Waals surface area contributed by atoms with E-state index in [-0.39, 0.29) is 6.04 Å². The van der Waals surface area contributed by atoms with Gasteiger partial charge in [0.2, 0.25) is 0 Å². The maximum Gasteiger partial charge on any atom is 0.0931 e. The van der Waals surface area contributed by atoms with Crippen LogP contribution in [0, 0.1) is 3.57 Å². The van der Waals surface area contributed by atoms with Crippen LogP contribution in [0.5, 0.6) is 0 Å². The topological polar surface area (TPSA) is 12.0 Å². The van der Waals surface area contributed by atoms with Gasteiger partial charge in [0.05, 0.1) is 15.0 Å². The molecule has 0 saturated heterocycles. The van der Waals surface area contributed by atoms with Gasteiger partial charge in [-0.2, -0.15) is 0 Å². The molecule has 0 spiro atoms. The average Bonchev–Trinajstić information content (AvgIpc) is 2.69. The van der Waals surface area contributed by atoms with E-state index in [2.05, 4.69) is 40.2 Å². The van der Waals surface area contributed by atoms with Crippen molar-refractivity contribution in [2.75, 3.05) is 5.32 Å². The number of benzene rings is 1. The molecule has 0 aliphatic heterocycles. The van der Waals surface area contributed by atoms with E-state index in [4.69, 9.17) is 23.2 Å². The van der Waals surface area contributed by atoms with Crippen LogP contribution in [0.2, 0.25) is 9.36 Å². The summed E-state index contributed by atoms with van der Waals surface area (Å²) in [6.07, 6.45) is 0. The molecule has 2 aromatic rings. The van der Waals surface area contributed by atoms with Crippen molar-refractivity contribution in [2.24, 2.45) is 0 Å². The molecule has 1 nitrogen and oxygen atoms in total. The van der Waals surface area contributed by atoms with Crippen molar-refractivity contribution in [1.29, 1.82) is 0 Å². The Morgan fingerprint density at radius 3 is 2.65 bits per heavy atom. The molecule has 0 radical (unpaired) electrons. The number of rotatable bonds is 3. The van der Waals surface area contributed by atoms with Gasteiger partial charge in [-0.1, -0.05) is 23.2 Å².